The Bertz CT molecular complexity index is 478. The highest BCUT2D eigenvalue weighted by atomic mass is 32.2. The van der Waals surface area contributed by atoms with Gasteiger partial charge in [0.25, 0.3) is 0 Å². The zero-order chi connectivity index (χ0) is 15.1. The van der Waals surface area contributed by atoms with Crippen LogP contribution in [0.4, 0.5) is 0 Å². The predicted molar refractivity (Wildman–Crippen MR) is 82.5 cm³/mol. The van der Waals surface area contributed by atoms with Crippen molar-refractivity contribution in [3.05, 3.63) is 35.9 Å². The highest BCUT2D eigenvalue weighted by molar-refractivity contribution is 7.79. The first kappa shape index (κ1) is 16.3. The first-order valence-electron chi connectivity index (χ1n) is 7.47. The van der Waals surface area contributed by atoms with E-state index in [0.717, 1.165) is 32.4 Å². The summed E-state index contributed by atoms with van der Waals surface area (Å²) >= 11 is -2.03. The molecule has 4 nitrogen and oxygen atoms in total. The van der Waals surface area contributed by atoms with Crippen molar-refractivity contribution in [1.29, 1.82) is 0 Å². The second-order valence-electron chi connectivity index (χ2n) is 5.75. The van der Waals surface area contributed by atoms with Crippen LogP contribution in [0.5, 0.6) is 0 Å². The van der Waals surface area contributed by atoms with Gasteiger partial charge in [0.2, 0.25) is 0 Å². The van der Waals surface area contributed by atoms with Crippen LogP contribution in [0.1, 0.15) is 31.2 Å². The summed E-state index contributed by atoms with van der Waals surface area (Å²) in [7, 11) is 0. The molecule has 2 atom stereocenters. The van der Waals surface area contributed by atoms with Crippen molar-refractivity contribution >= 4 is 16.9 Å². The van der Waals surface area contributed by atoms with Crippen LogP contribution < -0.4 is 0 Å². The number of ketones is 1. The molecule has 116 valence electrons. The van der Waals surface area contributed by atoms with E-state index in [-0.39, 0.29) is 11.7 Å². The lowest BCUT2D eigenvalue weighted by molar-refractivity contribution is -0.120. The molecule has 1 aliphatic rings. The molecule has 21 heavy (non-hydrogen) atoms. The number of nitrogens with zero attached hydrogens (tertiary/aromatic N) is 1. The fourth-order valence-electron chi connectivity index (χ4n) is 2.94. The first-order chi connectivity index (χ1) is 10.1. The van der Waals surface area contributed by atoms with Gasteiger partial charge in [-0.25, -0.2) is 0 Å². The van der Waals surface area contributed by atoms with Crippen LogP contribution in [-0.4, -0.2) is 38.4 Å². The maximum Gasteiger partial charge on any atom is 0.133 e. The van der Waals surface area contributed by atoms with E-state index in [1.165, 1.54) is 5.56 Å². The molecule has 1 heterocycles. The van der Waals surface area contributed by atoms with Crippen molar-refractivity contribution in [3.63, 3.8) is 0 Å². The van der Waals surface area contributed by atoms with Gasteiger partial charge < -0.3 is 4.55 Å². The number of piperidine rings is 1. The third-order valence-electron chi connectivity index (χ3n) is 3.94. The van der Waals surface area contributed by atoms with Gasteiger partial charge in [0.1, 0.15) is 5.78 Å². The van der Waals surface area contributed by atoms with Gasteiger partial charge >= 0.3 is 0 Å². The molecular weight excluding hydrogens is 286 g/mol. The Labute approximate surface area is 128 Å². The quantitative estimate of drug-likeness (QED) is 0.724. The highest BCUT2D eigenvalue weighted by Gasteiger charge is 2.21. The Hall–Kier alpha value is -1.04. The SMILES string of the molecule is O=C(CCc1ccccc1)CC1CCCN(CS(=O)[O-])C1. The van der Waals surface area contributed by atoms with Gasteiger partial charge in [-0.05, 0) is 48.4 Å². The predicted octanol–water partition coefficient (Wildman–Crippen LogP) is 2.13. The van der Waals surface area contributed by atoms with Gasteiger partial charge in [-0.1, -0.05) is 30.3 Å². The lowest BCUT2D eigenvalue weighted by Gasteiger charge is -2.32. The second kappa shape index (κ2) is 8.41. The number of rotatable bonds is 7. The molecule has 0 aliphatic carbocycles. The van der Waals surface area contributed by atoms with E-state index in [2.05, 4.69) is 0 Å². The molecule has 2 rings (SSSR count). The molecular formula is C16H22NO3S-. The van der Waals surface area contributed by atoms with E-state index in [9.17, 15) is 13.6 Å². The molecule has 0 amide bonds. The molecule has 1 fully saturated rings. The van der Waals surface area contributed by atoms with Crippen LogP contribution in [0.2, 0.25) is 0 Å². The largest absolute Gasteiger partial charge is 0.771 e. The number of carbonyl (C=O) groups is 1. The minimum absolute atomic E-state index is 0.0920. The third kappa shape index (κ3) is 6.08. The van der Waals surface area contributed by atoms with E-state index in [1.807, 2.05) is 35.2 Å². The average Bonchev–Trinajstić information content (AvgIpc) is 2.46. The number of Topliss-reactive ketones (excluding diaryl/α,β-unsaturated/α-hetero) is 1. The van der Waals surface area contributed by atoms with Crippen molar-refractivity contribution in [2.24, 2.45) is 5.92 Å². The van der Waals surface area contributed by atoms with Gasteiger partial charge in [0.15, 0.2) is 0 Å². The van der Waals surface area contributed by atoms with E-state index in [4.69, 9.17) is 0 Å². The normalized spacial score (nSPS) is 21.1. The summed E-state index contributed by atoms with van der Waals surface area (Å²) in [6, 6.07) is 10.0. The van der Waals surface area contributed by atoms with Gasteiger partial charge in [-0.15, -0.1) is 0 Å². The van der Waals surface area contributed by atoms with Gasteiger partial charge in [0.05, 0.1) is 5.88 Å². The van der Waals surface area contributed by atoms with Gasteiger partial charge in [-0.3, -0.25) is 13.9 Å². The summed E-state index contributed by atoms with van der Waals surface area (Å²) in [4.78, 5) is 14.0. The maximum absolute atomic E-state index is 12.1. The van der Waals surface area contributed by atoms with Crippen LogP contribution in [0.25, 0.3) is 0 Å². The number of hydrogen-bond donors (Lipinski definition) is 0. The Morgan fingerprint density at radius 1 is 1.33 bits per heavy atom. The topological polar surface area (TPSA) is 60.4 Å². The summed E-state index contributed by atoms with van der Waals surface area (Å²) in [6.45, 7) is 1.55. The third-order valence-corrected chi connectivity index (χ3v) is 4.52. The van der Waals surface area contributed by atoms with E-state index in [0.29, 0.717) is 18.8 Å². The highest BCUT2D eigenvalue weighted by Crippen LogP contribution is 2.21. The fraction of sp³-hybridized carbons (Fsp3) is 0.562. The standard InChI is InChI=1S/C16H23NO3S/c18-16(9-8-14-5-2-1-3-6-14)11-15-7-4-10-17(12-15)13-21(19)20/h1-3,5-6,15H,4,7-13H2,(H,19,20)/p-1. The summed E-state index contributed by atoms with van der Waals surface area (Å²) in [5.41, 5.74) is 1.19. The van der Waals surface area contributed by atoms with Crippen molar-refractivity contribution in [3.8, 4) is 0 Å². The Kier molecular flexibility index (Phi) is 6.54. The average molecular weight is 308 g/mol. The van der Waals surface area contributed by atoms with E-state index in [1.54, 1.807) is 0 Å². The van der Waals surface area contributed by atoms with E-state index >= 15 is 0 Å². The summed E-state index contributed by atoms with van der Waals surface area (Å²) in [5.74, 6) is 0.689. The molecule has 0 radical (unpaired) electrons. The Balaban J connectivity index is 1.73. The van der Waals surface area contributed by atoms with Crippen LogP contribution in [0.3, 0.4) is 0 Å². The van der Waals surface area contributed by atoms with Crippen molar-refractivity contribution in [2.75, 3.05) is 19.0 Å². The lowest BCUT2D eigenvalue weighted by atomic mass is 9.91. The molecule has 0 spiro atoms. The molecule has 1 aliphatic heterocycles. The number of aryl methyl sites for hydroxylation is 1. The molecule has 1 aromatic carbocycles. The number of hydrogen-bond acceptors (Lipinski definition) is 4. The summed E-state index contributed by atoms with van der Waals surface area (Å²) in [6.07, 6.45) is 3.95. The number of likely N-dealkylation sites (tertiary alicyclic amines) is 1. The molecule has 0 N–H and O–H groups in total. The van der Waals surface area contributed by atoms with Gasteiger partial charge in [0, 0.05) is 19.4 Å². The van der Waals surface area contributed by atoms with E-state index < -0.39 is 11.1 Å². The number of carbonyl (C=O) groups excluding carboxylic acids is 1. The minimum Gasteiger partial charge on any atom is -0.771 e. The molecule has 1 aromatic rings. The smallest absolute Gasteiger partial charge is 0.133 e. The Morgan fingerprint density at radius 2 is 2.10 bits per heavy atom. The zero-order valence-electron chi connectivity index (χ0n) is 12.2. The zero-order valence-corrected chi connectivity index (χ0v) is 13.0. The Morgan fingerprint density at radius 3 is 2.81 bits per heavy atom. The van der Waals surface area contributed by atoms with Crippen molar-refractivity contribution in [1.82, 2.24) is 4.90 Å². The first-order valence-corrected chi connectivity index (χ1v) is 8.71. The molecule has 0 saturated carbocycles. The van der Waals surface area contributed by atoms with Crippen molar-refractivity contribution in [2.45, 2.75) is 32.1 Å². The van der Waals surface area contributed by atoms with Crippen LogP contribution in [-0.2, 0) is 22.3 Å². The van der Waals surface area contributed by atoms with Crippen LogP contribution >= 0.6 is 0 Å². The molecule has 0 bridgehead atoms. The molecule has 1 saturated heterocycles. The summed E-state index contributed by atoms with van der Waals surface area (Å²) < 4.78 is 21.5. The monoisotopic (exact) mass is 308 g/mol. The molecule has 0 aromatic heterocycles. The van der Waals surface area contributed by atoms with Gasteiger partial charge in [-0.2, -0.15) is 0 Å². The molecule has 5 heteroatoms. The second-order valence-corrected chi connectivity index (χ2v) is 6.61. The van der Waals surface area contributed by atoms with Crippen LogP contribution in [0.15, 0.2) is 30.3 Å². The molecule has 2 unspecified atom stereocenters. The van der Waals surface area contributed by atoms with Crippen molar-refractivity contribution < 1.29 is 13.6 Å². The number of benzene rings is 1. The fourth-order valence-corrected chi connectivity index (χ4v) is 3.47. The summed E-state index contributed by atoms with van der Waals surface area (Å²) in [5, 5.41) is 0. The minimum atomic E-state index is -2.03. The maximum atomic E-state index is 12.1. The lowest BCUT2D eigenvalue weighted by Crippen LogP contribution is -2.38. The van der Waals surface area contributed by atoms with Crippen LogP contribution in [0, 0.1) is 5.92 Å².